The molecule has 0 heterocycles. The molecule has 0 aromatic rings. The topological polar surface area (TPSA) is 73.8 Å². The SMILES string of the molecule is COCC(C)[O][Zr]([O]C(C)COC)([O]C(C)COC)[O]C(C)COC. The normalized spacial score (nSPS) is 19.2. The van der Waals surface area contributed by atoms with E-state index in [0.29, 0.717) is 26.4 Å². The van der Waals surface area contributed by atoms with E-state index in [9.17, 15) is 0 Å². The molecule has 0 radical (unpaired) electrons. The molecule has 25 heavy (non-hydrogen) atoms. The number of hydrogen-bond acceptors (Lipinski definition) is 8. The molecule has 4 atom stereocenters. The molecule has 0 fully saturated rings. The molecule has 9 heteroatoms. The van der Waals surface area contributed by atoms with Crippen molar-refractivity contribution in [1.29, 1.82) is 0 Å². The van der Waals surface area contributed by atoms with Crippen LogP contribution in [0.3, 0.4) is 0 Å². The third kappa shape index (κ3) is 11.8. The summed E-state index contributed by atoms with van der Waals surface area (Å²) in [6, 6.07) is 0. The summed E-state index contributed by atoms with van der Waals surface area (Å²) < 4.78 is 45.4. The fourth-order valence-corrected chi connectivity index (χ4v) is 8.56. The first kappa shape index (κ1) is 25.6. The third-order valence-electron chi connectivity index (χ3n) is 2.99. The molecule has 0 aliphatic rings. The molecule has 0 aliphatic heterocycles. The zero-order chi connectivity index (χ0) is 19.3. The van der Waals surface area contributed by atoms with Crippen LogP contribution in [0.5, 0.6) is 0 Å². The Hall–Kier alpha value is 0.563. The molecule has 0 N–H and O–H groups in total. The average Bonchev–Trinajstić information content (AvgIpc) is 2.47. The molecule has 0 aromatic carbocycles. The van der Waals surface area contributed by atoms with Gasteiger partial charge in [0.15, 0.2) is 0 Å². The zero-order valence-electron chi connectivity index (χ0n) is 16.9. The van der Waals surface area contributed by atoms with Crippen LogP contribution in [0, 0.1) is 0 Å². The molecule has 0 spiro atoms. The van der Waals surface area contributed by atoms with Crippen molar-refractivity contribution in [2.45, 2.75) is 52.1 Å². The van der Waals surface area contributed by atoms with Crippen molar-refractivity contribution < 1.29 is 52.2 Å². The fourth-order valence-electron chi connectivity index (χ4n) is 2.23. The number of methoxy groups -OCH3 is 4. The van der Waals surface area contributed by atoms with Crippen molar-refractivity contribution in [1.82, 2.24) is 0 Å². The molecule has 8 nitrogen and oxygen atoms in total. The maximum absolute atomic E-state index is 6.18. The van der Waals surface area contributed by atoms with Crippen molar-refractivity contribution in [2.75, 3.05) is 54.9 Å². The van der Waals surface area contributed by atoms with E-state index in [1.807, 2.05) is 27.7 Å². The van der Waals surface area contributed by atoms with Crippen molar-refractivity contribution in [3.05, 3.63) is 0 Å². The van der Waals surface area contributed by atoms with Gasteiger partial charge >= 0.3 is 159 Å². The molecular weight excluding hydrogens is 411 g/mol. The molecule has 0 saturated heterocycles. The van der Waals surface area contributed by atoms with Crippen LogP contribution in [0.4, 0.5) is 0 Å². The van der Waals surface area contributed by atoms with Crippen LogP contribution < -0.4 is 0 Å². The van der Waals surface area contributed by atoms with Gasteiger partial charge in [0.25, 0.3) is 0 Å². The van der Waals surface area contributed by atoms with Gasteiger partial charge in [0, 0.05) is 0 Å². The Morgan fingerprint density at radius 3 is 0.840 bits per heavy atom. The Kier molecular flexibility index (Phi) is 14.9. The van der Waals surface area contributed by atoms with Gasteiger partial charge in [-0.15, -0.1) is 0 Å². The Balaban J connectivity index is 5.39. The molecule has 0 aliphatic carbocycles. The Morgan fingerprint density at radius 1 is 0.480 bits per heavy atom. The molecule has 0 rings (SSSR count). The quantitative estimate of drug-likeness (QED) is 0.356. The Bertz CT molecular complexity index is 259. The van der Waals surface area contributed by atoms with Gasteiger partial charge < -0.3 is 0 Å². The van der Waals surface area contributed by atoms with Crippen LogP contribution in [-0.2, 0) is 52.2 Å². The first-order valence-electron chi connectivity index (χ1n) is 8.49. The predicted octanol–water partition coefficient (Wildman–Crippen LogP) is 2.01. The summed E-state index contributed by atoms with van der Waals surface area (Å²) in [5.74, 6) is 0. The van der Waals surface area contributed by atoms with E-state index in [1.165, 1.54) is 0 Å². The van der Waals surface area contributed by atoms with E-state index in [1.54, 1.807) is 28.4 Å². The second-order valence-electron chi connectivity index (χ2n) is 6.04. The van der Waals surface area contributed by atoms with Crippen LogP contribution in [0.15, 0.2) is 0 Å². The molecule has 152 valence electrons. The van der Waals surface area contributed by atoms with E-state index < -0.39 is 22.0 Å². The molecule has 0 aromatic heterocycles. The summed E-state index contributed by atoms with van der Waals surface area (Å²) in [5.41, 5.74) is 0. The minimum absolute atomic E-state index is 0.236. The van der Waals surface area contributed by atoms with Crippen molar-refractivity contribution in [3.63, 3.8) is 0 Å². The number of rotatable bonds is 16. The minimum atomic E-state index is -4.43. The van der Waals surface area contributed by atoms with Crippen LogP contribution in [0.2, 0.25) is 0 Å². The zero-order valence-corrected chi connectivity index (χ0v) is 19.4. The summed E-state index contributed by atoms with van der Waals surface area (Å²) in [4.78, 5) is 0. The van der Waals surface area contributed by atoms with Crippen LogP contribution in [0.1, 0.15) is 27.7 Å². The van der Waals surface area contributed by atoms with Gasteiger partial charge in [0.1, 0.15) is 0 Å². The maximum atomic E-state index is 6.18. The standard InChI is InChI=1S/4C4H9O2.Zr/c4*1-4(5)3-6-2;/h4*4H,3H2,1-2H3;/q4*-1;+4. The van der Waals surface area contributed by atoms with E-state index in [2.05, 4.69) is 0 Å². The molecule has 4 unspecified atom stereocenters. The summed E-state index contributed by atoms with van der Waals surface area (Å²) in [5, 5.41) is 0. The molecule has 0 saturated carbocycles. The summed E-state index contributed by atoms with van der Waals surface area (Å²) in [6.45, 7) is 9.22. The van der Waals surface area contributed by atoms with Gasteiger partial charge in [-0.1, -0.05) is 0 Å². The third-order valence-corrected chi connectivity index (χ3v) is 9.78. The average molecular weight is 448 g/mol. The van der Waals surface area contributed by atoms with Gasteiger partial charge in [0.2, 0.25) is 0 Å². The molecule has 0 amide bonds. The monoisotopic (exact) mass is 446 g/mol. The van der Waals surface area contributed by atoms with E-state index in [4.69, 9.17) is 30.2 Å². The van der Waals surface area contributed by atoms with Crippen LogP contribution in [-0.4, -0.2) is 79.3 Å². The van der Waals surface area contributed by atoms with Crippen LogP contribution >= 0.6 is 0 Å². The Morgan fingerprint density at radius 2 is 0.680 bits per heavy atom. The van der Waals surface area contributed by atoms with Crippen molar-refractivity contribution in [3.8, 4) is 0 Å². The fraction of sp³-hybridized carbons (Fsp3) is 1.00. The van der Waals surface area contributed by atoms with E-state index in [0.717, 1.165) is 0 Å². The van der Waals surface area contributed by atoms with E-state index in [-0.39, 0.29) is 24.4 Å². The van der Waals surface area contributed by atoms with Crippen molar-refractivity contribution >= 4 is 0 Å². The van der Waals surface area contributed by atoms with E-state index >= 15 is 0 Å². The van der Waals surface area contributed by atoms with Crippen LogP contribution in [0.25, 0.3) is 0 Å². The van der Waals surface area contributed by atoms with Gasteiger partial charge in [-0.3, -0.25) is 0 Å². The Labute approximate surface area is 159 Å². The van der Waals surface area contributed by atoms with Gasteiger partial charge in [-0.2, -0.15) is 0 Å². The second-order valence-corrected chi connectivity index (χ2v) is 10.8. The number of hydrogen-bond donors (Lipinski definition) is 0. The van der Waals surface area contributed by atoms with Gasteiger partial charge in [-0.25, -0.2) is 0 Å². The van der Waals surface area contributed by atoms with Gasteiger partial charge in [-0.05, 0) is 0 Å². The second kappa shape index (κ2) is 14.6. The summed E-state index contributed by atoms with van der Waals surface area (Å²) in [6.07, 6.45) is -0.944. The molecule has 0 bridgehead atoms. The molecular formula is C16H36O8Zr. The summed E-state index contributed by atoms with van der Waals surface area (Å²) >= 11 is -4.43. The first-order valence-corrected chi connectivity index (χ1v) is 12.5. The summed E-state index contributed by atoms with van der Waals surface area (Å²) in [7, 11) is 6.48. The van der Waals surface area contributed by atoms with Gasteiger partial charge in [0.05, 0.1) is 0 Å². The predicted molar refractivity (Wildman–Crippen MR) is 89.7 cm³/mol. The van der Waals surface area contributed by atoms with Crippen molar-refractivity contribution in [2.24, 2.45) is 0 Å². The first-order chi connectivity index (χ1) is 11.8. The number of ether oxygens (including phenoxy) is 4.